The first-order valence-corrected chi connectivity index (χ1v) is 8.63. The van der Waals surface area contributed by atoms with Gasteiger partial charge in [-0.1, -0.05) is 44.5 Å². The summed E-state index contributed by atoms with van der Waals surface area (Å²) in [5.74, 6) is -0.315. The quantitative estimate of drug-likeness (QED) is 0.800. The number of hydrogen-bond acceptors (Lipinski definition) is 3. The summed E-state index contributed by atoms with van der Waals surface area (Å²) in [5, 5.41) is 0.631. The van der Waals surface area contributed by atoms with Crippen LogP contribution < -0.4 is 15.6 Å². The third-order valence-electron chi connectivity index (χ3n) is 3.83. The summed E-state index contributed by atoms with van der Waals surface area (Å²) in [4.78, 5) is 23.9. The Morgan fingerprint density at radius 1 is 1.04 bits per heavy atom. The van der Waals surface area contributed by atoms with Gasteiger partial charge >= 0.3 is 0 Å². The molecule has 0 atom stereocenters. The predicted molar refractivity (Wildman–Crippen MR) is 102 cm³/mol. The lowest BCUT2D eigenvalue weighted by Gasteiger charge is -2.19. The van der Waals surface area contributed by atoms with Gasteiger partial charge in [-0.2, -0.15) is 0 Å². The molecule has 0 unspecified atom stereocenters. The van der Waals surface area contributed by atoms with E-state index in [0.717, 1.165) is 11.1 Å². The molecule has 2 N–H and O–H groups in total. The standard InChI is InChI=1S/C20H23ClN2O3/c1-13-11-16(9-10-17(13)21)26-12-18(24)22-23-19(25)14-5-7-15(8-6-14)20(2,3)4/h5-11H,12H2,1-4H3,(H,22,24)(H,23,25). The Labute approximate surface area is 158 Å². The smallest absolute Gasteiger partial charge is 0.276 e. The molecule has 2 amide bonds. The minimum Gasteiger partial charge on any atom is -0.484 e. The fraction of sp³-hybridized carbons (Fsp3) is 0.300. The van der Waals surface area contributed by atoms with Gasteiger partial charge in [0.2, 0.25) is 0 Å². The molecule has 0 aliphatic heterocycles. The molecular weight excluding hydrogens is 352 g/mol. The minimum absolute atomic E-state index is 0.0145. The topological polar surface area (TPSA) is 67.4 Å². The number of nitrogens with one attached hydrogen (secondary N) is 2. The van der Waals surface area contributed by atoms with Gasteiger partial charge in [0.25, 0.3) is 11.8 Å². The van der Waals surface area contributed by atoms with Gasteiger partial charge in [0.1, 0.15) is 5.75 Å². The van der Waals surface area contributed by atoms with Crippen molar-refractivity contribution in [1.82, 2.24) is 10.9 Å². The van der Waals surface area contributed by atoms with E-state index in [-0.39, 0.29) is 17.9 Å². The van der Waals surface area contributed by atoms with Crippen LogP contribution in [0.4, 0.5) is 0 Å². The lowest BCUT2D eigenvalue weighted by Crippen LogP contribution is -2.43. The van der Waals surface area contributed by atoms with E-state index in [1.54, 1.807) is 30.3 Å². The zero-order valence-electron chi connectivity index (χ0n) is 15.4. The maximum atomic E-state index is 12.1. The van der Waals surface area contributed by atoms with Crippen LogP contribution in [0, 0.1) is 6.92 Å². The molecule has 26 heavy (non-hydrogen) atoms. The fourth-order valence-corrected chi connectivity index (χ4v) is 2.33. The first-order valence-electron chi connectivity index (χ1n) is 8.25. The van der Waals surface area contributed by atoms with Crippen LogP contribution in [0.2, 0.25) is 5.02 Å². The minimum atomic E-state index is -0.461. The van der Waals surface area contributed by atoms with Crippen molar-refractivity contribution in [3.05, 3.63) is 64.2 Å². The van der Waals surface area contributed by atoms with Crippen LogP contribution in [0.1, 0.15) is 42.3 Å². The maximum Gasteiger partial charge on any atom is 0.276 e. The van der Waals surface area contributed by atoms with Crippen LogP contribution in [0.25, 0.3) is 0 Å². The molecule has 0 spiro atoms. The van der Waals surface area contributed by atoms with E-state index < -0.39 is 5.91 Å². The van der Waals surface area contributed by atoms with Crippen molar-refractivity contribution in [2.24, 2.45) is 0 Å². The third kappa shape index (κ3) is 5.49. The number of hydrazine groups is 1. The Morgan fingerprint density at radius 3 is 2.27 bits per heavy atom. The molecule has 0 saturated heterocycles. The summed E-state index contributed by atoms with van der Waals surface area (Å²) < 4.78 is 5.37. The fourth-order valence-electron chi connectivity index (χ4n) is 2.21. The van der Waals surface area contributed by atoms with E-state index >= 15 is 0 Å². The Balaban J connectivity index is 1.82. The summed E-state index contributed by atoms with van der Waals surface area (Å²) in [6.45, 7) is 7.93. The Bertz CT molecular complexity index is 796. The summed E-state index contributed by atoms with van der Waals surface area (Å²) in [7, 11) is 0. The second-order valence-electron chi connectivity index (χ2n) is 7.03. The number of aryl methyl sites for hydroxylation is 1. The highest BCUT2D eigenvalue weighted by Gasteiger charge is 2.14. The molecule has 2 aromatic rings. The molecule has 5 nitrogen and oxygen atoms in total. The molecule has 6 heteroatoms. The summed E-state index contributed by atoms with van der Waals surface area (Å²) in [6.07, 6.45) is 0. The number of amides is 2. The van der Waals surface area contributed by atoms with Crippen LogP contribution in [0.15, 0.2) is 42.5 Å². The average Bonchev–Trinajstić information content (AvgIpc) is 2.60. The summed E-state index contributed by atoms with van der Waals surface area (Å²) >= 11 is 5.94. The molecule has 0 saturated carbocycles. The number of halogens is 1. The van der Waals surface area contributed by atoms with E-state index in [2.05, 4.69) is 31.6 Å². The average molecular weight is 375 g/mol. The number of carbonyl (C=O) groups excluding carboxylic acids is 2. The maximum absolute atomic E-state index is 12.1. The number of rotatable bonds is 4. The third-order valence-corrected chi connectivity index (χ3v) is 4.25. The first kappa shape index (κ1) is 19.8. The van der Waals surface area contributed by atoms with E-state index in [4.69, 9.17) is 16.3 Å². The zero-order valence-corrected chi connectivity index (χ0v) is 16.1. The van der Waals surface area contributed by atoms with Crippen molar-refractivity contribution < 1.29 is 14.3 Å². The molecule has 138 valence electrons. The molecular formula is C20H23ClN2O3. The summed E-state index contributed by atoms with van der Waals surface area (Å²) in [6, 6.07) is 12.4. The normalized spacial score (nSPS) is 11.0. The SMILES string of the molecule is Cc1cc(OCC(=O)NNC(=O)c2ccc(C(C)(C)C)cc2)ccc1Cl. The van der Waals surface area contributed by atoms with Gasteiger partial charge in [0.05, 0.1) is 0 Å². The molecule has 0 radical (unpaired) electrons. The van der Waals surface area contributed by atoms with Crippen molar-refractivity contribution in [3.63, 3.8) is 0 Å². The molecule has 0 bridgehead atoms. The van der Waals surface area contributed by atoms with Crippen molar-refractivity contribution in [2.45, 2.75) is 33.1 Å². The highest BCUT2D eigenvalue weighted by molar-refractivity contribution is 6.31. The largest absolute Gasteiger partial charge is 0.484 e. The van der Waals surface area contributed by atoms with E-state index in [9.17, 15) is 9.59 Å². The number of hydrogen-bond donors (Lipinski definition) is 2. The van der Waals surface area contributed by atoms with Gasteiger partial charge < -0.3 is 4.74 Å². The molecule has 0 aliphatic rings. The van der Waals surface area contributed by atoms with Gasteiger partial charge in [-0.05, 0) is 53.8 Å². The van der Waals surface area contributed by atoms with Gasteiger partial charge in [0.15, 0.2) is 6.61 Å². The van der Waals surface area contributed by atoms with Crippen molar-refractivity contribution in [2.75, 3.05) is 6.61 Å². The number of ether oxygens (including phenoxy) is 1. The molecule has 2 rings (SSSR count). The van der Waals surface area contributed by atoms with Crippen molar-refractivity contribution >= 4 is 23.4 Å². The predicted octanol–water partition coefficient (Wildman–Crippen LogP) is 3.79. The highest BCUT2D eigenvalue weighted by Crippen LogP contribution is 2.22. The second kappa shape index (κ2) is 8.23. The Hall–Kier alpha value is -2.53. The van der Waals surface area contributed by atoms with Crippen LogP contribution >= 0.6 is 11.6 Å². The van der Waals surface area contributed by atoms with Crippen molar-refractivity contribution in [3.8, 4) is 5.75 Å². The van der Waals surface area contributed by atoms with Gasteiger partial charge in [-0.3, -0.25) is 20.4 Å². The van der Waals surface area contributed by atoms with Crippen LogP contribution in [-0.4, -0.2) is 18.4 Å². The first-order chi connectivity index (χ1) is 12.2. The van der Waals surface area contributed by atoms with Gasteiger partial charge in [-0.15, -0.1) is 0 Å². The van der Waals surface area contributed by atoms with Crippen LogP contribution in [-0.2, 0) is 10.2 Å². The summed E-state index contributed by atoms with van der Waals surface area (Å²) in [5.41, 5.74) is 7.17. The molecule has 0 heterocycles. The van der Waals surface area contributed by atoms with Crippen molar-refractivity contribution in [1.29, 1.82) is 0 Å². The molecule has 0 aromatic heterocycles. The Morgan fingerprint density at radius 2 is 1.69 bits per heavy atom. The highest BCUT2D eigenvalue weighted by atomic mass is 35.5. The number of carbonyl (C=O) groups is 2. The lowest BCUT2D eigenvalue weighted by atomic mass is 9.87. The molecule has 2 aromatic carbocycles. The van der Waals surface area contributed by atoms with Gasteiger partial charge in [0, 0.05) is 10.6 Å². The molecule has 0 aliphatic carbocycles. The molecule has 0 fully saturated rings. The Kier molecular flexibility index (Phi) is 6.27. The van der Waals surface area contributed by atoms with Gasteiger partial charge in [-0.25, -0.2) is 0 Å². The van der Waals surface area contributed by atoms with E-state index in [1.165, 1.54) is 0 Å². The number of benzene rings is 2. The van der Waals surface area contributed by atoms with Crippen LogP contribution in [0.3, 0.4) is 0 Å². The zero-order chi connectivity index (χ0) is 19.3. The second-order valence-corrected chi connectivity index (χ2v) is 7.44. The monoisotopic (exact) mass is 374 g/mol. The van der Waals surface area contributed by atoms with E-state index in [0.29, 0.717) is 16.3 Å². The lowest BCUT2D eigenvalue weighted by molar-refractivity contribution is -0.123. The van der Waals surface area contributed by atoms with Crippen LogP contribution in [0.5, 0.6) is 5.75 Å². The van der Waals surface area contributed by atoms with E-state index in [1.807, 2.05) is 19.1 Å².